The summed E-state index contributed by atoms with van der Waals surface area (Å²) in [5, 5.41) is 12.0. The van der Waals surface area contributed by atoms with E-state index in [1.807, 2.05) is 6.07 Å². The highest BCUT2D eigenvalue weighted by molar-refractivity contribution is 6.01. The third-order valence-electron chi connectivity index (χ3n) is 3.87. The minimum Gasteiger partial charge on any atom is -0.493 e. The fraction of sp³-hybridized carbons (Fsp3) is 0.412. The van der Waals surface area contributed by atoms with Gasteiger partial charge in [0.25, 0.3) is 5.91 Å². The average molecular weight is 330 g/mol. The monoisotopic (exact) mass is 330 g/mol. The first-order chi connectivity index (χ1) is 11.7. The first kappa shape index (κ1) is 16.1. The number of methoxy groups -OCH3 is 1. The second kappa shape index (κ2) is 7.23. The second-order valence-electron chi connectivity index (χ2n) is 5.47. The lowest BCUT2D eigenvalue weighted by atomic mass is 10.1. The average Bonchev–Trinajstić information content (AvgIpc) is 3.27. The number of hydrogen-bond acceptors (Lipinski definition) is 6. The van der Waals surface area contributed by atoms with Gasteiger partial charge in [-0.15, -0.1) is 0 Å². The summed E-state index contributed by atoms with van der Waals surface area (Å²) in [5.41, 5.74) is 0.633. The number of nitriles is 1. The molecule has 1 fully saturated rings. The van der Waals surface area contributed by atoms with Crippen LogP contribution in [0.25, 0.3) is 6.08 Å². The van der Waals surface area contributed by atoms with E-state index in [9.17, 15) is 10.1 Å². The first-order valence-electron chi connectivity index (χ1n) is 7.70. The molecule has 126 valence electrons. The first-order valence-corrected chi connectivity index (χ1v) is 7.70. The van der Waals surface area contributed by atoms with Gasteiger partial charge >= 0.3 is 0 Å². The molecule has 0 aromatic heterocycles. The molecule has 1 atom stereocenters. The van der Waals surface area contributed by atoms with E-state index in [-0.39, 0.29) is 18.5 Å². The number of nitrogens with zero attached hydrogens (tertiary/aromatic N) is 1. The number of nitrogens with one attached hydrogen (secondary N) is 1. The Labute approximate surface area is 139 Å². The number of carbonyl (C=O) groups is 1. The fourth-order valence-corrected chi connectivity index (χ4v) is 2.66. The normalized spacial score (nSPS) is 19.0. The lowest BCUT2D eigenvalue weighted by Crippen LogP contribution is -2.32. The fourth-order valence-electron chi connectivity index (χ4n) is 2.66. The molecular weight excluding hydrogens is 312 g/mol. The molecule has 7 nitrogen and oxygen atoms in total. The molecule has 0 radical (unpaired) electrons. The van der Waals surface area contributed by atoms with Crippen molar-refractivity contribution in [2.45, 2.75) is 18.9 Å². The molecule has 0 saturated carbocycles. The van der Waals surface area contributed by atoms with Crippen LogP contribution in [0.3, 0.4) is 0 Å². The molecule has 1 aromatic carbocycles. The van der Waals surface area contributed by atoms with Gasteiger partial charge in [0.1, 0.15) is 11.6 Å². The molecule has 1 amide bonds. The minimum absolute atomic E-state index is 0.00825. The van der Waals surface area contributed by atoms with Crippen LogP contribution in [0.5, 0.6) is 17.2 Å². The predicted molar refractivity (Wildman–Crippen MR) is 84.7 cm³/mol. The van der Waals surface area contributed by atoms with E-state index in [1.54, 1.807) is 12.1 Å². The Morgan fingerprint density at radius 1 is 1.50 bits per heavy atom. The Hall–Kier alpha value is -2.72. The van der Waals surface area contributed by atoms with Crippen LogP contribution in [-0.4, -0.2) is 39.1 Å². The van der Waals surface area contributed by atoms with Crippen LogP contribution in [0.4, 0.5) is 0 Å². The van der Waals surface area contributed by atoms with Crippen LogP contribution in [0, 0.1) is 11.3 Å². The molecule has 3 rings (SSSR count). The van der Waals surface area contributed by atoms with Crippen LogP contribution in [0.15, 0.2) is 17.7 Å². The molecule has 1 saturated heterocycles. The van der Waals surface area contributed by atoms with Gasteiger partial charge in [0, 0.05) is 13.2 Å². The van der Waals surface area contributed by atoms with Crippen molar-refractivity contribution < 1.29 is 23.7 Å². The minimum atomic E-state index is -0.426. The largest absolute Gasteiger partial charge is 0.493 e. The molecule has 24 heavy (non-hydrogen) atoms. The Morgan fingerprint density at radius 3 is 3.08 bits per heavy atom. The Morgan fingerprint density at radius 2 is 2.38 bits per heavy atom. The molecule has 1 N–H and O–H groups in total. The molecule has 2 heterocycles. The van der Waals surface area contributed by atoms with Crippen LogP contribution >= 0.6 is 0 Å². The van der Waals surface area contributed by atoms with Gasteiger partial charge in [-0.2, -0.15) is 5.26 Å². The number of hydrogen-bond donors (Lipinski definition) is 1. The summed E-state index contributed by atoms with van der Waals surface area (Å²) in [5.74, 6) is 1.12. The quantitative estimate of drug-likeness (QED) is 0.652. The maximum atomic E-state index is 12.2. The molecule has 0 unspecified atom stereocenters. The Bertz CT molecular complexity index is 702. The highest BCUT2D eigenvalue weighted by atomic mass is 16.7. The van der Waals surface area contributed by atoms with Gasteiger partial charge in [-0.25, -0.2) is 0 Å². The summed E-state index contributed by atoms with van der Waals surface area (Å²) >= 11 is 0. The van der Waals surface area contributed by atoms with Gasteiger partial charge in [0.15, 0.2) is 11.5 Å². The van der Waals surface area contributed by atoms with Crippen LogP contribution < -0.4 is 19.5 Å². The van der Waals surface area contributed by atoms with E-state index >= 15 is 0 Å². The summed E-state index contributed by atoms with van der Waals surface area (Å²) < 4.78 is 21.4. The number of ether oxygens (including phenoxy) is 4. The zero-order chi connectivity index (χ0) is 16.9. The van der Waals surface area contributed by atoms with Gasteiger partial charge < -0.3 is 24.3 Å². The number of rotatable bonds is 5. The molecule has 2 aliphatic rings. The van der Waals surface area contributed by atoms with Crippen LogP contribution in [0.1, 0.15) is 18.4 Å². The maximum absolute atomic E-state index is 12.2. The molecule has 0 spiro atoms. The third kappa shape index (κ3) is 3.44. The zero-order valence-electron chi connectivity index (χ0n) is 13.3. The topological polar surface area (TPSA) is 89.8 Å². The lowest BCUT2D eigenvalue weighted by Gasteiger charge is -2.10. The van der Waals surface area contributed by atoms with E-state index in [0.717, 1.165) is 19.4 Å². The molecular formula is C17H18N2O5. The van der Waals surface area contributed by atoms with Gasteiger partial charge in [-0.05, 0) is 36.6 Å². The number of benzene rings is 1. The van der Waals surface area contributed by atoms with Crippen LogP contribution in [0.2, 0.25) is 0 Å². The predicted octanol–water partition coefficient (Wildman–Crippen LogP) is 1.63. The molecule has 7 heteroatoms. The van der Waals surface area contributed by atoms with E-state index in [4.69, 9.17) is 18.9 Å². The van der Waals surface area contributed by atoms with E-state index in [0.29, 0.717) is 29.4 Å². The summed E-state index contributed by atoms with van der Waals surface area (Å²) in [4.78, 5) is 12.2. The number of carbonyl (C=O) groups excluding carboxylic acids is 1. The molecule has 1 aromatic rings. The van der Waals surface area contributed by atoms with Crippen molar-refractivity contribution >= 4 is 12.0 Å². The van der Waals surface area contributed by atoms with Crippen molar-refractivity contribution in [3.05, 3.63) is 23.3 Å². The van der Waals surface area contributed by atoms with Crippen molar-refractivity contribution in [2.24, 2.45) is 0 Å². The highest BCUT2D eigenvalue weighted by Gasteiger charge is 2.21. The summed E-state index contributed by atoms with van der Waals surface area (Å²) in [6.07, 6.45) is 3.44. The zero-order valence-corrected chi connectivity index (χ0v) is 13.3. The summed E-state index contributed by atoms with van der Waals surface area (Å²) in [6.45, 7) is 1.24. The van der Waals surface area contributed by atoms with Gasteiger partial charge in [-0.3, -0.25) is 4.79 Å². The lowest BCUT2D eigenvalue weighted by molar-refractivity contribution is -0.117. The maximum Gasteiger partial charge on any atom is 0.262 e. The van der Waals surface area contributed by atoms with E-state index in [1.165, 1.54) is 13.2 Å². The SMILES string of the molecule is COc1cc(/C=C(\C#N)C(=O)NC[C@H]2CCCO2)cc2c1OCO2. The summed E-state index contributed by atoms with van der Waals surface area (Å²) in [7, 11) is 1.52. The Balaban J connectivity index is 1.75. The summed E-state index contributed by atoms with van der Waals surface area (Å²) in [6, 6.07) is 5.32. The number of fused-ring (bicyclic) bond motifs is 1. The van der Waals surface area contributed by atoms with Gasteiger partial charge in [0.2, 0.25) is 12.5 Å². The third-order valence-corrected chi connectivity index (χ3v) is 3.87. The highest BCUT2D eigenvalue weighted by Crippen LogP contribution is 2.42. The standard InChI is InChI=1S/C17H18N2O5/c1-21-14-6-11(7-15-16(14)24-10-23-15)5-12(8-18)17(20)19-9-13-3-2-4-22-13/h5-7,13H,2-4,9-10H2,1H3,(H,19,20)/b12-5+/t13-/m1/s1. The van der Waals surface area contributed by atoms with Crippen molar-refractivity contribution in [3.8, 4) is 23.3 Å². The number of amides is 1. The van der Waals surface area contributed by atoms with Gasteiger partial charge in [-0.1, -0.05) is 0 Å². The molecule has 0 aliphatic carbocycles. The molecule has 2 aliphatic heterocycles. The second-order valence-corrected chi connectivity index (χ2v) is 5.47. The van der Waals surface area contributed by atoms with Crippen LogP contribution in [-0.2, 0) is 9.53 Å². The molecule has 0 bridgehead atoms. The van der Waals surface area contributed by atoms with Crippen molar-refractivity contribution in [1.29, 1.82) is 5.26 Å². The van der Waals surface area contributed by atoms with Crippen molar-refractivity contribution in [2.75, 3.05) is 27.1 Å². The van der Waals surface area contributed by atoms with E-state index < -0.39 is 5.91 Å². The van der Waals surface area contributed by atoms with E-state index in [2.05, 4.69) is 5.32 Å². The van der Waals surface area contributed by atoms with Gasteiger partial charge in [0.05, 0.1) is 13.2 Å². The Kier molecular flexibility index (Phi) is 4.87. The van der Waals surface area contributed by atoms with Crippen molar-refractivity contribution in [3.63, 3.8) is 0 Å². The van der Waals surface area contributed by atoms with Crippen molar-refractivity contribution in [1.82, 2.24) is 5.32 Å². The smallest absolute Gasteiger partial charge is 0.262 e.